The van der Waals surface area contributed by atoms with Gasteiger partial charge in [-0.3, -0.25) is 5.43 Å². The first-order valence-electron chi connectivity index (χ1n) is 4.76. The van der Waals surface area contributed by atoms with Crippen LogP contribution in [0.2, 0.25) is 0 Å². The predicted octanol–water partition coefficient (Wildman–Crippen LogP) is 1.44. The Morgan fingerprint density at radius 1 is 1.40 bits per heavy atom. The van der Waals surface area contributed by atoms with Gasteiger partial charge in [0.05, 0.1) is 6.61 Å². The molecule has 82 valence electrons. The van der Waals surface area contributed by atoms with Crippen LogP contribution in [0.15, 0.2) is 28.5 Å². The zero-order chi connectivity index (χ0) is 11.1. The molecule has 0 saturated carbocycles. The van der Waals surface area contributed by atoms with E-state index in [2.05, 4.69) is 21.1 Å². The van der Waals surface area contributed by atoms with E-state index in [1.807, 2.05) is 25.1 Å². The van der Waals surface area contributed by atoms with Crippen molar-refractivity contribution in [2.75, 3.05) is 19.0 Å². The van der Waals surface area contributed by atoms with Crippen LogP contribution < -0.4 is 10.7 Å². The molecule has 0 unspecified atom stereocenters. The number of hydrogen-bond acceptors (Lipinski definition) is 4. The van der Waals surface area contributed by atoms with E-state index in [-0.39, 0.29) is 6.61 Å². The van der Waals surface area contributed by atoms with Crippen LogP contribution in [0.1, 0.15) is 11.1 Å². The van der Waals surface area contributed by atoms with E-state index >= 15 is 0 Å². The van der Waals surface area contributed by atoms with Crippen molar-refractivity contribution in [2.45, 2.75) is 13.5 Å². The highest BCUT2D eigenvalue weighted by atomic mass is 16.3. The van der Waals surface area contributed by atoms with Crippen molar-refractivity contribution < 1.29 is 5.11 Å². The number of rotatable bonds is 5. The molecule has 0 saturated heterocycles. The molecule has 0 aliphatic carbocycles. The van der Waals surface area contributed by atoms with Gasteiger partial charge in [-0.25, -0.2) is 0 Å². The summed E-state index contributed by atoms with van der Waals surface area (Å²) in [6.45, 7) is 2.38. The molecule has 15 heavy (non-hydrogen) atoms. The maximum atomic E-state index is 9.20. The van der Waals surface area contributed by atoms with Gasteiger partial charge in [0.25, 0.3) is 0 Å². The van der Waals surface area contributed by atoms with Crippen molar-refractivity contribution >= 4 is 5.69 Å². The monoisotopic (exact) mass is 208 g/mol. The van der Waals surface area contributed by atoms with Crippen LogP contribution >= 0.6 is 0 Å². The van der Waals surface area contributed by atoms with Crippen LogP contribution in [0.4, 0.5) is 5.69 Å². The van der Waals surface area contributed by atoms with Crippen LogP contribution in [-0.4, -0.2) is 18.8 Å². The summed E-state index contributed by atoms with van der Waals surface area (Å²) in [4.78, 5) is 0. The van der Waals surface area contributed by atoms with Crippen LogP contribution in [0.5, 0.6) is 0 Å². The normalized spacial score (nSPS) is 10.6. The van der Waals surface area contributed by atoms with Crippen molar-refractivity contribution in [1.82, 2.24) is 5.43 Å². The molecule has 0 amide bonds. The van der Waals surface area contributed by atoms with Gasteiger partial charge in [-0.05, 0) is 18.6 Å². The summed E-state index contributed by atoms with van der Waals surface area (Å²) < 4.78 is 0. The number of nitrogens with one attached hydrogen (secondary N) is 2. The minimum atomic E-state index is 0.0260. The van der Waals surface area contributed by atoms with Gasteiger partial charge in [0.1, 0.15) is 6.67 Å². The molecule has 0 bridgehead atoms. The van der Waals surface area contributed by atoms with E-state index in [4.69, 9.17) is 0 Å². The minimum Gasteiger partial charge on any atom is -0.392 e. The Hall–Kier alpha value is -1.62. The quantitative estimate of drug-likeness (QED) is 0.506. The van der Waals surface area contributed by atoms with E-state index < -0.39 is 0 Å². The zero-order valence-electron chi connectivity index (χ0n) is 8.99. The summed E-state index contributed by atoms with van der Waals surface area (Å²) in [5, 5.41) is 19.7. The maximum Gasteiger partial charge on any atom is 0.131 e. The molecule has 1 aromatic rings. The summed E-state index contributed by atoms with van der Waals surface area (Å²) in [5.41, 5.74) is 5.42. The van der Waals surface area contributed by atoms with Crippen molar-refractivity contribution in [3.63, 3.8) is 0 Å². The number of anilines is 1. The van der Waals surface area contributed by atoms with Gasteiger partial charge < -0.3 is 10.4 Å². The Labute approximate surface area is 89.2 Å². The number of nitrogens with zero attached hydrogens (tertiary/aromatic N) is 2. The molecule has 5 nitrogen and oxygen atoms in total. The fourth-order valence-electron chi connectivity index (χ4n) is 1.30. The summed E-state index contributed by atoms with van der Waals surface area (Å²) in [6, 6.07) is 5.81. The van der Waals surface area contributed by atoms with E-state index in [9.17, 15) is 5.11 Å². The highest BCUT2D eigenvalue weighted by Crippen LogP contribution is 2.18. The third-order valence-electron chi connectivity index (χ3n) is 2.08. The molecule has 0 heterocycles. The average Bonchev–Trinajstić information content (AvgIpc) is 2.24. The molecule has 1 rings (SSSR count). The molecule has 0 fully saturated rings. The van der Waals surface area contributed by atoms with Crippen molar-refractivity contribution in [3.05, 3.63) is 29.3 Å². The molecular weight excluding hydrogens is 192 g/mol. The molecule has 0 aliphatic heterocycles. The Kier molecular flexibility index (Phi) is 4.56. The number of aryl methyl sites for hydroxylation is 1. The van der Waals surface area contributed by atoms with E-state index in [0.29, 0.717) is 6.67 Å². The number of benzene rings is 1. The zero-order valence-corrected chi connectivity index (χ0v) is 8.99. The second-order valence-corrected chi connectivity index (χ2v) is 3.06. The third-order valence-corrected chi connectivity index (χ3v) is 2.08. The fourth-order valence-corrected chi connectivity index (χ4v) is 1.30. The molecule has 0 spiro atoms. The molecule has 0 aromatic heterocycles. The first kappa shape index (κ1) is 11.5. The Bertz CT molecular complexity index is 338. The number of aliphatic hydroxyl groups excluding tert-OH is 1. The molecular formula is C10H16N4O. The van der Waals surface area contributed by atoms with Crippen LogP contribution in [0, 0.1) is 6.92 Å². The topological polar surface area (TPSA) is 69.0 Å². The Morgan fingerprint density at radius 3 is 2.87 bits per heavy atom. The van der Waals surface area contributed by atoms with Crippen molar-refractivity contribution in [1.29, 1.82) is 0 Å². The van der Waals surface area contributed by atoms with Gasteiger partial charge >= 0.3 is 0 Å². The highest BCUT2D eigenvalue weighted by Gasteiger charge is 2.02. The lowest BCUT2D eigenvalue weighted by atomic mass is 10.1. The van der Waals surface area contributed by atoms with Gasteiger partial charge in [0.15, 0.2) is 0 Å². The predicted molar refractivity (Wildman–Crippen MR) is 59.5 cm³/mol. The van der Waals surface area contributed by atoms with E-state index in [1.165, 1.54) is 0 Å². The molecule has 0 radical (unpaired) electrons. The molecule has 1 aromatic carbocycles. The summed E-state index contributed by atoms with van der Waals surface area (Å²) in [6.07, 6.45) is 0. The van der Waals surface area contributed by atoms with Gasteiger partial charge in [-0.2, -0.15) is 0 Å². The molecule has 3 N–H and O–H groups in total. The smallest absolute Gasteiger partial charge is 0.131 e. The lowest BCUT2D eigenvalue weighted by molar-refractivity contribution is 0.281. The third kappa shape index (κ3) is 3.21. The first-order valence-corrected chi connectivity index (χ1v) is 4.76. The largest absolute Gasteiger partial charge is 0.392 e. The fraction of sp³-hybridized carbons (Fsp3) is 0.400. The second-order valence-electron chi connectivity index (χ2n) is 3.06. The standard InChI is InChI=1S/C10H16N4O/c1-8-4-3-5-10(9(8)6-15)12-7-13-14-11-2/h3-5,12,15H,6-7H2,1-2H3,(H,11,13). The summed E-state index contributed by atoms with van der Waals surface area (Å²) in [5.74, 6) is 0. The highest BCUT2D eigenvalue weighted by molar-refractivity contribution is 5.54. The lowest BCUT2D eigenvalue weighted by Crippen LogP contribution is -2.04. The van der Waals surface area contributed by atoms with Crippen LogP contribution in [0.25, 0.3) is 0 Å². The average molecular weight is 208 g/mol. The van der Waals surface area contributed by atoms with Crippen molar-refractivity contribution in [3.8, 4) is 0 Å². The van der Waals surface area contributed by atoms with Gasteiger partial charge in [-0.15, -0.1) is 5.11 Å². The summed E-state index contributed by atoms with van der Waals surface area (Å²) >= 11 is 0. The Morgan fingerprint density at radius 2 is 2.20 bits per heavy atom. The molecule has 5 heteroatoms. The van der Waals surface area contributed by atoms with E-state index in [1.54, 1.807) is 7.05 Å². The summed E-state index contributed by atoms with van der Waals surface area (Å²) in [7, 11) is 1.69. The SMILES string of the molecule is CN/N=N\CNc1cccc(C)c1CO. The van der Waals surface area contributed by atoms with Crippen LogP contribution in [0.3, 0.4) is 0 Å². The lowest BCUT2D eigenvalue weighted by Gasteiger charge is -2.10. The van der Waals surface area contributed by atoms with Crippen LogP contribution in [-0.2, 0) is 6.61 Å². The van der Waals surface area contributed by atoms with Gasteiger partial charge in [0.2, 0.25) is 0 Å². The van der Waals surface area contributed by atoms with Gasteiger partial charge in [0, 0.05) is 18.3 Å². The Balaban J connectivity index is 2.67. The maximum absolute atomic E-state index is 9.20. The number of hydrogen-bond donors (Lipinski definition) is 3. The number of aliphatic hydroxyl groups is 1. The van der Waals surface area contributed by atoms with Crippen molar-refractivity contribution in [2.24, 2.45) is 10.3 Å². The van der Waals surface area contributed by atoms with E-state index in [0.717, 1.165) is 16.8 Å². The van der Waals surface area contributed by atoms with Gasteiger partial charge in [-0.1, -0.05) is 17.4 Å². The second kappa shape index (κ2) is 5.98. The first-order chi connectivity index (χ1) is 7.29. The minimum absolute atomic E-state index is 0.0260. The molecule has 0 aliphatic rings. The molecule has 0 atom stereocenters.